The zero-order chi connectivity index (χ0) is 39.6. The van der Waals surface area contributed by atoms with Gasteiger partial charge in [-0.05, 0) is 99.6 Å². The molecule has 0 N–H and O–H groups in total. The Morgan fingerprint density at radius 3 is 1.82 bits per heavy atom. The third-order valence-corrected chi connectivity index (χ3v) is 12.5. The minimum atomic E-state index is 0.258. The smallest absolute Gasteiger partial charge is 0.0723 e. The standard InChI is InChI=1S/C57H39N3/c1-3-14-38(15-4-1)45-28-29-46(48-21-8-7-20-47(45)48)41-16-13-17-42(34-41)53-37-44(32-33-58-53)60-55-25-12-10-23-50(55)52-36-40(27-31-57(52)60)39-26-30-56-51(35-39)49-22-9-11-24-54(49)59(56)43-18-5-2-6-19-43/h1-26,28-37,40H,27H2. The van der Waals surface area contributed by atoms with Gasteiger partial charge in [-0.2, -0.15) is 0 Å². The highest BCUT2D eigenvalue weighted by Crippen LogP contribution is 2.38. The molecular formula is C57H39N3. The van der Waals surface area contributed by atoms with E-state index in [1.807, 2.05) is 6.20 Å². The summed E-state index contributed by atoms with van der Waals surface area (Å²) in [5, 5.41) is 8.86. The molecule has 1 aliphatic carbocycles. The summed E-state index contributed by atoms with van der Waals surface area (Å²) < 4.78 is 4.82. The van der Waals surface area contributed by atoms with E-state index in [9.17, 15) is 0 Å². The number of hydrogen-bond donors (Lipinski definition) is 0. The van der Waals surface area contributed by atoms with Gasteiger partial charge in [0.2, 0.25) is 0 Å². The molecule has 60 heavy (non-hydrogen) atoms. The Kier molecular flexibility index (Phi) is 7.99. The lowest BCUT2D eigenvalue weighted by Crippen LogP contribution is -2.31. The Balaban J connectivity index is 0.938. The first kappa shape index (κ1) is 34.3. The summed E-state index contributed by atoms with van der Waals surface area (Å²) in [5.74, 6) is 0.258. The fraction of sp³-hybridized carbons (Fsp3) is 0.0351. The molecule has 3 heterocycles. The Morgan fingerprint density at radius 1 is 0.417 bits per heavy atom. The molecule has 0 saturated heterocycles. The average molecular weight is 766 g/mol. The number of fused-ring (bicyclic) bond motifs is 7. The molecule has 1 aliphatic rings. The van der Waals surface area contributed by atoms with Gasteiger partial charge in [-0.15, -0.1) is 0 Å². The molecule has 0 bridgehead atoms. The summed E-state index contributed by atoms with van der Waals surface area (Å²) in [7, 11) is 0. The molecule has 0 amide bonds. The van der Waals surface area contributed by atoms with Crippen LogP contribution in [0.4, 0.5) is 0 Å². The van der Waals surface area contributed by atoms with Crippen LogP contribution in [0.2, 0.25) is 0 Å². The minimum absolute atomic E-state index is 0.258. The molecule has 0 fully saturated rings. The van der Waals surface area contributed by atoms with Crippen molar-refractivity contribution in [2.24, 2.45) is 0 Å². The number of pyridine rings is 1. The number of para-hydroxylation sites is 3. The fourth-order valence-electron chi connectivity index (χ4n) is 9.74. The van der Waals surface area contributed by atoms with Crippen LogP contribution in [0, 0.1) is 0 Å². The topological polar surface area (TPSA) is 22.8 Å². The van der Waals surface area contributed by atoms with Crippen LogP contribution in [0.5, 0.6) is 0 Å². The highest BCUT2D eigenvalue weighted by atomic mass is 15.0. The first-order valence-electron chi connectivity index (χ1n) is 20.8. The normalized spacial score (nSPS) is 13.7. The highest BCUT2D eigenvalue weighted by Gasteiger charge is 2.20. The van der Waals surface area contributed by atoms with Crippen LogP contribution in [-0.4, -0.2) is 14.1 Å². The lowest BCUT2D eigenvalue weighted by atomic mass is 9.90. The van der Waals surface area contributed by atoms with E-state index in [1.54, 1.807) is 0 Å². The van der Waals surface area contributed by atoms with Crippen LogP contribution in [0.1, 0.15) is 17.9 Å². The Hall–Kier alpha value is -7.75. The number of benzene rings is 8. The van der Waals surface area contributed by atoms with E-state index in [0.717, 1.165) is 23.4 Å². The molecule has 1 unspecified atom stereocenters. The molecule has 8 aromatic carbocycles. The lowest BCUT2D eigenvalue weighted by Gasteiger charge is -2.16. The molecule has 0 radical (unpaired) electrons. The van der Waals surface area contributed by atoms with Crippen molar-refractivity contribution in [3.63, 3.8) is 0 Å². The number of hydrogen-bond acceptors (Lipinski definition) is 1. The van der Waals surface area contributed by atoms with E-state index >= 15 is 0 Å². The van der Waals surface area contributed by atoms with Crippen molar-refractivity contribution in [1.82, 2.24) is 14.1 Å². The van der Waals surface area contributed by atoms with Crippen molar-refractivity contribution in [3.8, 4) is 44.9 Å². The predicted octanol–water partition coefficient (Wildman–Crippen LogP) is 13.0. The second kappa shape index (κ2) is 14.0. The largest absolute Gasteiger partial charge is 0.309 e. The maximum atomic E-state index is 4.95. The third-order valence-electron chi connectivity index (χ3n) is 12.5. The zero-order valence-electron chi connectivity index (χ0n) is 32.9. The molecular weight excluding hydrogens is 727 g/mol. The van der Waals surface area contributed by atoms with Gasteiger partial charge in [0, 0.05) is 55.8 Å². The highest BCUT2D eigenvalue weighted by molar-refractivity contribution is 6.10. The third kappa shape index (κ3) is 5.55. The Labute approximate surface area is 348 Å². The second-order valence-electron chi connectivity index (χ2n) is 15.9. The average Bonchev–Trinajstić information content (AvgIpc) is 3.84. The molecule has 11 aromatic rings. The molecule has 0 spiro atoms. The van der Waals surface area contributed by atoms with Crippen LogP contribution in [0.3, 0.4) is 0 Å². The molecule has 3 nitrogen and oxygen atoms in total. The Bertz CT molecular complexity index is 3570. The van der Waals surface area contributed by atoms with E-state index in [2.05, 4.69) is 221 Å². The molecule has 3 aromatic heterocycles. The van der Waals surface area contributed by atoms with Gasteiger partial charge in [-0.3, -0.25) is 4.98 Å². The van der Waals surface area contributed by atoms with Gasteiger partial charge >= 0.3 is 0 Å². The fourth-order valence-corrected chi connectivity index (χ4v) is 9.74. The molecule has 0 aliphatic heterocycles. The summed E-state index contributed by atoms with van der Waals surface area (Å²) in [4.78, 5) is 4.95. The molecule has 1 atom stereocenters. The van der Waals surface area contributed by atoms with Crippen LogP contribution < -0.4 is 10.6 Å². The summed E-state index contributed by atoms with van der Waals surface area (Å²) in [6.45, 7) is 0. The number of nitrogens with zero attached hydrogens (tertiary/aromatic N) is 3. The van der Waals surface area contributed by atoms with Crippen LogP contribution in [-0.2, 0) is 0 Å². The molecule has 3 heteroatoms. The summed E-state index contributed by atoms with van der Waals surface area (Å²) in [5.41, 5.74) is 14.2. The monoisotopic (exact) mass is 765 g/mol. The lowest BCUT2D eigenvalue weighted by molar-refractivity contribution is 0.908. The first-order valence-corrected chi connectivity index (χ1v) is 20.8. The van der Waals surface area contributed by atoms with Crippen molar-refractivity contribution in [2.45, 2.75) is 12.3 Å². The van der Waals surface area contributed by atoms with E-state index in [4.69, 9.17) is 4.98 Å². The van der Waals surface area contributed by atoms with Gasteiger partial charge in [-0.25, -0.2) is 0 Å². The van der Waals surface area contributed by atoms with Gasteiger partial charge < -0.3 is 9.13 Å². The molecule has 282 valence electrons. The maximum Gasteiger partial charge on any atom is 0.0723 e. The van der Waals surface area contributed by atoms with Crippen LogP contribution in [0.15, 0.2) is 206 Å². The minimum Gasteiger partial charge on any atom is -0.309 e. The van der Waals surface area contributed by atoms with E-state index < -0.39 is 0 Å². The van der Waals surface area contributed by atoms with Gasteiger partial charge in [-0.1, -0.05) is 158 Å². The van der Waals surface area contributed by atoms with E-state index in [-0.39, 0.29) is 5.92 Å². The summed E-state index contributed by atoms with van der Waals surface area (Å²) in [6.07, 6.45) is 7.83. The summed E-state index contributed by atoms with van der Waals surface area (Å²) in [6, 6.07) is 72.6. The van der Waals surface area contributed by atoms with Crippen molar-refractivity contribution in [2.75, 3.05) is 0 Å². The van der Waals surface area contributed by atoms with E-state index in [1.165, 1.54) is 87.6 Å². The number of aromatic nitrogens is 3. The quantitative estimate of drug-likeness (QED) is 0.165. The first-order chi connectivity index (χ1) is 29.8. The van der Waals surface area contributed by atoms with E-state index in [0.29, 0.717) is 0 Å². The maximum absolute atomic E-state index is 4.95. The zero-order valence-corrected chi connectivity index (χ0v) is 32.9. The predicted molar refractivity (Wildman–Crippen MR) is 251 cm³/mol. The van der Waals surface area contributed by atoms with Gasteiger partial charge in [0.05, 0.1) is 22.2 Å². The molecule has 12 rings (SSSR count). The van der Waals surface area contributed by atoms with Crippen LogP contribution >= 0.6 is 0 Å². The van der Waals surface area contributed by atoms with Crippen molar-refractivity contribution in [1.29, 1.82) is 0 Å². The molecule has 0 saturated carbocycles. The van der Waals surface area contributed by atoms with Crippen molar-refractivity contribution in [3.05, 3.63) is 223 Å². The SMILES string of the molecule is C1=c2c(n(-c3ccnc(-c4cccc(-c5ccc(-c6ccccc6)c6ccccc56)c4)c3)c3ccccc23)=CCC1c1ccc2c(c1)c1ccccc1n2-c1ccccc1. The van der Waals surface area contributed by atoms with Crippen molar-refractivity contribution >= 4 is 55.6 Å². The van der Waals surface area contributed by atoms with Crippen LogP contribution in [0.25, 0.3) is 101 Å². The van der Waals surface area contributed by atoms with Gasteiger partial charge in [0.1, 0.15) is 0 Å². The second-order valence-corrected chi connectivity index (χ2v) is 15.9. The summed E-state index contributed by atoms with van der Waals surface area (Å²) >= 11 is 0. The van der Waals surface area contributed by atoms with Gasteiger partial charge in [0.15, 0.2) is 0 Å². The Morgan fingerprint density at radius 2 is 1.03 bits per heavy atom. The van der Waals surface area contributed by atoms with Crippen molar-refractivity contribution < 1.29 is 0 Å². The number of rotatable bonds is 6. The van der Waals surface area contributed by atoms with Gasteiger partial charge in [0.25, 0.3) is 0 Å².